The highest BCUT2D eigenvalue weighted by molar-refractivity contribution is 5.75. The van der Waals surface area contributed by atoms with Crippen LogP contribution in [0.25, 0.3) is 0 Å². The molecule has 0 fully saturated rings. The summed E-state index contributed by atoms with van der Waals surface area (Å²) >= 11 is 0. The summed E-state index contributed by atoms with van der Waals surface area (Å²) in [6, 6.07) is 7.45. The van der Waals surface area contributed by atoms with Crippen LogP contribution in [0.2, 0.25) is 0 Å². The van der Waals surface area contributed by atoms with Gasteiger partial charge in [-0.2, -0.15) is 0 Å². The fourth-order valence-electron chi connectivity index (χ4n) is 1.80. The summed E-state index contributed by atoms with van der Waals surface area (Å²) in [5, 5.41) is 11.6. The molecule has 0 aliphatic rings. The van der Waals surface area contributed by atoms with Crippen molar-refractivity contribution in [3.63, 3.8) is 0 Å². The first-order valence-corrected chi connectivity index (χ1v) is 6.72. The van der Waals surface area contributed by atoms with Crippen LogP contribution in [-0.2, 0) is 22.7 Å². The molecule has 0 aromatic heterocycles. The van der Waals surface area contributed by atoms with E-state index >= 15 is 0 Å². The zero-order chi connectivity index (χ0) is 15.8. The van der Waals surface area contributed by atoms with E-state index in [9.17, 15) is 9.59 Å². The molecule has 0 saturated heterocycles. The highest BCUT2D eigenvalue weighted by Crippen LogP contribution is 2.06. The normalized spacial score (nSPS) is 11.8. The fraction of sp³-hybridized carbons (Fsp3) is 0.467. The van der Waals surface area contributed by atoms with Gasteiger partial charge in [0.25, 0.3) is 0 Å². The second-order valence-corrected chi connectivity index (χ2v) is 5.03. The number of ether oxygens (including phenoxy) is 1. The van der Waals surface area contributed by atoms with Crippen LogP contribution in [0, 0.1) is 5.92 Å². The Morgan fingerprint density at radius 1 is 1.29 bits per heavy atom. The molecule has 6 heteroatoms. The molecular formula is C15H22N2O4. The van der Waals surface area contributed by atoms with Crippen molar-refractivity contribution in [3.05, 3.63) is 35.4 Å². The lowest BCUT2D eigenvalue weighted by Gasteiger charge is -2.20. The van der Waals surface area contributed by atoms with Crippen molar-refractivity contribution in [2.75, 3.05) is 20.7 Å². The Balaban J connectivity index is 2.43. The average molecular weight is 294 g/mol. The van der Waals surface area contributed by atoms with E-state index in [-0.39, 0.29) is 12.6 Å². The first kappa shape index (κ1) is 17.0. The third kappa shape index (κ3) is 5.83. The molecule has 1 atom stereocenters. The quantitative estimate of drug-likeness (QED) is 0.802. The van der Waals surface area contributed by atoms with Crippen LogP contribution in [-0.4, -0.2) is 42.7 Å². The summed E-state index contributed by atoms with van der Waals surface area (Å²) in [6.45, 7) is 2.70. The Hall–Kier alpha value is -2.08. The van der Waals surface area contributed by atoms with Crippen molar-refractivity contribution in [2.24, 2.45) is 5.92 Å². The van der Waals surface area contributed by atoms with E-state index in [0.29, 0.717) is 13.2 Å². The topological polar surface area (TPSA) is 78.9 Å². The summed E-state index contributed by atoms with van der Waals surface area (Å²) in [5.74, 6) is -1.50. The van der Waals surface area contributed by atoms with Crippen LogP contribution in [0.15, 0.2) is 24.3 Å². The number of hydrogen-bond donors (Lipinski definition) is 2. The number of carboxylic acids is 1. The second-order valence-electron chi connectivity index (χ2n) is 5.03. The van der Waals surface area contributed by atoms with Crippen molar-refractivity contribution < 1.29 is 19.4 Å². The van der Waals surface area contributed by atoms with Gasteiger partial charge >= 0.3 is 12.0 Å². The Labute approximate surface area is 124 Å². The van der Waals surface area contributed by atoms with Gasteiger partial charge in [0, 0.05) is 27.2 Å². The summed E-state index contributed by atoms with van der Waals surface area (Å²) in [4.78, 5) is 24.0. The highest BCUT2D eigenvalue weighted by Gasteiger charge is 2.16. The van der Waals surface area contributed by atoms with Crippen molar-refractivity contribution in [1.82, 2.24) is 10.2 Å². The number of amides is 2. The van der Waals surface area contributed by atoms with Crippen LogP contribution in [0.1, 0.15) is 18.1 Å². The minimum Gasteiger partial charge on any atom is -0.481 e. The molecule has 0 bridgehead atoms. The summed E-state index contributed by atoms with van der Waals surface area (Å²) in [6.07, 6.45) is 0. The minimum atomic E-state index is -0.914. The van der Waals surface area contributed by atoms with E-state index in [4.69, 9.17) is 9.84 Å². The zero-order valence-corrected chi connectivity index (χ0v) is 12.6. The molecule has 6 nitrogen and oxygen atoms in total. The second kappa shape index (κ2) is 8.26. The predicted molar refractivity (Wildman–Crippen MR) is 78.8 cm³/mol. The zero-order valence-electron chi connectivity index (χ0n) is 12.6. The number of carbonyl (C=O) groups excluding carboxylic acids is 1. The minimum absolute atomic E-state index is 0.175. The number of urea groups is 1. The standard InChI is InChI=1S/C15H22N2O4/c1-11(14(18)19)9-17(2)15(20)16-8-12-4-6-13(7-5-12)10-21-3/h4-7,11H,8-10H2,1-3H3,(H,16,20)(H,18,19). The van der Waals surface area contributed by atoms with Crippen molar-refractivity contribution in [3.8, 4) is 0 Å². The van der Waals surface area contributed by atoms with Gasteiger partial charge in [-0.15, -0.1) is 0 Å². The Morgan fingerprint density at radius 2 is 1.86 bits per heavy atom. The third-order valence-corrected chi connectivity index (χ3v) is 3.09. The SMILES string of the molecule is COCc1ccc(CNC(=O)N(C)CC(C)C(=O)O)cc1. The van der Waals surface area contributed by atoms with Gasteiger partial charge in [0.1, 0.15) is 0 Å². The number of nitrogens with one attached hydrogen (secondary N) is 1. The molecule has 0 aliphatic carbocycles. The molecule has 0 aliphatic heterocycles. The van der Waals surface area contributed by atoms with E-state index in [2.05, 4.69) is 5.32 Å². The number of carboxylic acid groups (broad SMARTS) is 1. The average Bonchev–Trinajstić information content (AvgIpc) is 2.46. The number of nitrogens with zero attached hydrogens (tertiary/aromatic N) is 1. The van der Waals surface area contributed by atoms with Crippen molar-refractivity contribution >= 4 is 12.0 Å². The number of benzene rings is 1. The van der Waals surface area contributed by atoms with Gasteiger partial charge in [0.05, 0.1) is 12.5 Å². The van der Waals surface area contributed by atoms with Crippen LogP contribution < -0.4 is 5.32 Å². The molecule has 0 radical (unpaired) electrons. The smallest absolute Gasteiger partial charge is 0.317 e. The van der Waals surface area contributed by atoms with E-state index in [0.717, 1.165) is 11.1 Å². The van der Waals surface area contributed by atoms with Crippen molar-refractivity contribution in [2.45, 2.75) is 20.1 Å². The van der Waals surface area contributed by atoms with Crippen molar-refractivity contribution in [1.29, 1.82) is 0 Å². The lowest BCUT2D eigenvalue weighted by Crippen LogP contribution is -2.40. The fourth-order valence-corrected chi connectivity index (χ4v) is 1.80. The summed E-state index contributed by atoms with van der Waals surface area (Å²) < 4.78 is 5.03. The molecule has 0 heterocycles. The molecule has 116 valence electrons. The Kier molecular flexibility index (Phi) is 6.68. The summed E-state index contributed by atoms with van der Waals surface area (Å²) in [7, 11) is 3.22. The largest absolute Gasteiger partial charge is 0.481 e. The highest BCUT2D eigenvalue weighted by atomic mass is 16.5. The van der Waals surface area contributed by atoms with Gasteiger partial charge in [-0.3, -0.25) is 4.79 Å². The molecule has 21 heavy (non-hydrogen) atoms. The van der Waals surface area contributed by atoms with E-state index in [1.165, 1.54) is 4.90 Å². The van der Waals surface area contributed by atoms with E-state index < -0.39 is 11.9 Å². The molecule has 0 spiro atoms. The van der Waals surface area contributed by atoms with Crippen LogP contribution >= 0.6 is 0 Å². The first-order valence-electron chi connectivity index (χ1n) is 6.72. The molecule has 2 N–H and O–H groups in total. The lowest BCUT2D eigenvalue weighted by atomic mass is 10.1. The third-order valence-electron chi connectivity index (χ3n) is 3.09. The van der Waals surface area contributed by atoms with Crippen LogP contribution in [0.3, 0.4) is 0 Å². The number of aliphatic carboxylic acids is 1. The van der Waals surface area contributed by atoms with E-state index in [1.807, 2.05) is 24.3 Å². The summed E-state index contributed by atoms with van der Waals surface area (Å²) in [5.41, 5.74) is 2.04. The number of hydrogen-bond acceptors (Lipinski definition) is 3. The van der Waals surface area contributed by atoms with Gasteiger partial charge in [-0.1, -0.05) is 31.2 Å². The maximum absolute atomic E-state index is 11.8. The van der Waals surface area contributed by atoms with Gasteiger partial charge in [-0.25, -0.2) is 4.79 Å². The number of rotatable bonds is 7. The maximum Gasteiger partial charge on any atom is 0.317 e. The lowest BCUT2D eigenvalue weighted by molar-refractivity contribution is -0.141. The molecule has 1 unspecified atom stereocenters. The number of methoxy groups -OCH3 is 1. The van der Waals surface area contributed by atoms with E-state index in [1.54, 1.807) is 21.1 Å². The van der Waals surface area contributed by atoms with Crippen LogP contribution in [0.5, 0.6) is 0 Å². The molecular weight excluding hydrogens is 272 g/mol. The molecule has 0 saturated carbocycles. The predicted octanol–water partition coefficient (Wildman–Crippen LogP) is 1.70. The molecule has 1 aromatic rings. The number of carbonyl (C=O) groups is 2. The molecule has 1 aromatic carbocycles. The maximum atomic E-state index is 11.8. The van der Waals surface area contributed by atoms with Crippen LogP contribution in [0.4, 0.5) is 4.79 Å². The van der Waals surface area contributed by atoms with Gasteiger partial charge < -0.3 is 20.1 Å². The van der Waals surface area contributed by atoms with Gasteiger partial charge in [0.2, 0.25) is 0 Å². The Morgan fingerprint density at radius 3 is 2.38 bits per heavy atom. The monoisotopic (exact) mass is 294 g/mol. The molecule has 1 rings (SSSR count). The molecule has 2 amide bonds. The Bertz CT molecular complexity index is 473. The van der Waals surface area contributed by atoms with Gasteiger partial charge in [0.15, 0.2) is 0 Å². The first-order chi connectivity index (χ1) is 9.93. The van der Waals surface area contributed by atoms with Gasteiger partial charge in [-0.05, 0) is 11.1 Å².